The molecule has 0 spiro atoms. The van der Waals surface area contributed by atoms with Crippen molar-refractivity contribution in [2.24, 2.45) is 11.8 Å². The average Bonchev–Trinajstić information content (AvgIpc) is 3.82. The molecule has 5 aliphatic rings. The zero-order valence-electron chi connectivity index (χ0n) is 40.3. The van der Waals surface area contributed by atoms with Gasteiger partial charge < -0.3 is 4.42 Å². The van der Waals surface area contributed by atoms with E-state index in [1.165, 1.54) is 132 Å². The van der Waals surface area contributed by atoms with Crippen LogP contribution in [0.4, 0.5) is 0 Å². The van der Waals surface area contributed by atoms with Crippen molar-refractivity contribution < 1.29 is 9.31 Å². The Hall–Kier alpha value is -5.99. The third-order valence-corrected chi connectivity index (χ3v) is 21.2. The Morgan fingerprint density at radius 2 is 0.956 bits per heavy atom. The van der Waals surface area contributed by atoms with Gasteiger partial charge in [-0.2, -0.15) is 0 Å². The number of aryl methyl sites for hydroxylation is 6. The first kappa shape index (κ1) is 42.1. The number of benzene rings is 8. The summed E-state index contributed by atoms with van der Waals surface area (Å²) in [7, 11) is -3.09. The molecule has 2 heterocycles. The van der Waals surface area contributed by atoms with Crippen molar-refractivity contribution in [2.45, 2.75) is 90.9 Å². The van der Waals surface area contributed by atoms with Gasteiger partial charge in [-0.25, -0.2) is 0 Å². The van der Waals surface area contributed by atoms with Crippen molar-refractivity contribution in [2.75, 3.05) is 0 Å². The van der Waals surface area contributed by atoms with Crippen LogP contribution in [0.3, 0.4) is 0 Å². The molecule has 4 bridgehead atoms. The third-order valence-electron chi connectivity index (χ3n) is 17.6. The fourth-order valence-corrected chi connectivity index (χ4v) is 18.9. The number of furan rings is 1. The van der Waals surface area contributed by atoms with Crippen LogP contribution in [0.2, 0.25) is 0 Å². The van der Waals surface area contributed by atoms with Crippen LogP contribution >= 0.6 is 7.49 Å². The first-order valence-corrected chi connectivity index (χ1v) is 27.1. The molecule has 1 aliphatic heterocycles. The van der Waals surface area contributed by atoms with Gasteiger partial charge in [0.05, 0.1) is 0 Å². The molecule has 1 aromatic heterocycles. The Bertz CT molecular complexity index is 3360. The number of fused-ring (bicyclic) bond motifs is 6. The van der Waals surface area contributed by atoms with Crippen LogP contribution in [0.25, 0.3) is 44.2 Å². The summed E-state index contributed by atoms with van der Waals surface area (Å²) in [6, 6.07) is 59.4. The van der Waals surface area contributed by atoms with Gasteiger partial charge in [-0.3, -0.25) is 0 Å². The Morgan fingerprint density at radius 3 is 1.49 bits per heavy atom. The Morgan fingerprint density at radius 1 is 0.500 bits per heavy atom. The van der Waals surface area contributed by atoms with Crippen LogP contribution in [0.1, 0.15) is 83.0 Å². The van der Waals surface area contributed by atoms with Crippen LogP contribution in [0.5, 0.6) is 0 Å². The van der Waals surface area contributed by atoms with E-state index in [0.717, 1.165) is 38.9 Å². The van der Waals surface area contributed by atoms with Crippen LogP contribution in [0, 0.1) is 53.4 Å². The molecular formula is C64H60BO2P. The Kier molecular flexibility index (Phi) is 9.46. The fourth-order valence-electron chi connectivity index (χ4n) is 15.5. The van der Waals surface area contributed by atoms with Crippen molar-refractivity contribution in [3.8, 4) is 22.3 Å². The topological polar surface area (TPSA) is 33.4 Å². The molecule has 4 aliphatic carbocycles. The van der Waals surface area contributed by atoms with Gasteiger partial charge in [-0.05, 0) is 59.7 Å². The molecule has 0 radical (unpaired) electrons. The average molecular weight is 903 g/mol. The number of rotatable bonds is 7. The maximum Gasteiger partial charge on any atom is 0.0287 e. The molecule has 0 saturated heterocycles. The first-order valence-electron chi connectivity index (χ1n) is 25.2. The second-order valence-electron chi connectivity index (χ2n) is 22.1. The Labute approximate surface area is 403 Å². The zero-order valence-corrected chi connectivity index (χ0v) is 41.3. The summed E-state index contributed by atoms with van der Waals surface area (Å²) < 4.78 is 6.57. The molecule has 14 rings (SSSR count). The summed E-state index contributed by atoms with van der Waals surface area (Å²) in [5.41, 5.74) is 22.2. The maximum atomic E-state index is 12.8. The summed E-state index contributed by atoms with van der Waals surface area (Å²) in [4.78, 5) is 12.8. The molecule has 2 nitrogen and oxygen atoms in total. The van der Waals surface area contributed by atoms with E-state index in [1.54, 1.807) is 0 Å². The Balaban J connectivity index is 0.828. The predicted octanol–water partition coefficient (Wildman–Crippen LogP) is 12.3. The van der Waals surface area contributed by atoms with Gasteiger partial charge in [0.15, 0.2) is 0 Å². The number of hydrogen-bond acceptors (Lipinski definition) is 2. The largest absolute Gasteiger partial charge is 0.0629 e. The quantitative estimate of drug-likeness (QED) is 0.128. The van der Waals surface area contributed by atoms with Gasteiger partial charge >= 0.3 is 220 Å². The SMILES string of the molecule is Cc1cc(C)c(B(c2ccc3oc4ccc(-c5ccc(C67CC8CC(C6)CC(c6ccc([PH]9(O)c%10ccccc%10-c%10ccccc%109)cc6)(C8)C7)cc5)cc4c3c2)c2c(C)cc(C)cc2C)c(C)c1. The van der Waals surface area contributed by atoms with Crippen molar-refractivity contribution in [1.82, 2.24) is 0 Å². The monoisotopic (exact) mass is 902 g/mol. The van der Waals surface area contributed by atoms with Crippen molar-refractivity contribution in [1.29, 1.82) is 0 Å². The molecule has 4 fully saturated rings. The van der Waals surface area contributed by atoms with E-state index in [4.69, 9.17) is 4.42 Å². The molecule has 9 aromatic rings. The molecule has 68 heavy (non-hydrogen) atoms. The molecule has 1 N–H and O–H groups in total. The first-order chi connectivity index (χ1) is 32.9. The van der Waals surface area contributed by atoms with Gasteiger partial charge in [0.1, 0.15) is 11.2 Å². The van der Waals surface area contributed by atoms with E-state index in [2.05, 4.69) is 199 Å². The van der Waals surface area contributed by atoms with Gasteiger partial charge in [-0.15, -0.1) is 0 Å². The maximum absolute atomic E-state index is 12.8. The van der Waals surface area contributed by atoms with E-state index in [1.807, 2.05) is 0 Å². The van der Waals surface area contributed by atoms with E-state index < -0.39 is 7.49 Å². The van der Waals surface area contributed by atoms with Gasteiger partial charge in [0.2, 0.25) is 6.71 Å². The minimum absolute atomic E-state index is 0.104. The van der Waals surface area contributed by atoms with Gasteiger partial charge in [0, 0.05) is 10.8 Å². The van der Waals surface area contributed by atoms with Crippen LogP contribution < -0.4 is 32.3 Å². The van der Waals surface area contributed by atoms with Gasteiger partial charge in [0.25, 0.3) is 0 Å². The molecule has 4 heteroatoms. The summed E-state index contributed by atoms with van der Waals surface area (Å²) in [6.07, 6.45) is 7.73. The number of hydrogen-bond donors (Lipinski definition) is 1. The smallest absolute Gasteiger partial charge is 0.0287 e. The normalized spacial score (nSPS) is 22.4. The molecule has 2 atom stereocenters. The van der Waals surface area contributed by atoms with Gasteiger partial charge in [-0.1, -0.05) is 92.2 Å². The molecule has 4 saturated carbocycles. The van der Waals surface area contributed by atoms with E-state index >= 15 is 0 Å². The van der Waals surface area contributed by atoms with Crippen LogP contribution in [0.15, 0.2) is 162 Å². The van der Waals surface area contributed by atoms with E-state index in [9.17, 15) is 4.89 Å². The summed E-state index contributed by atoms with van der Waals surface area (Å²) in [5, 5.41) is 5.68. The van der Waals surface area contributed by atoms with Crippen molar-refractivity contribution >= 4 is 68.4 Å². The fraction of sp³-hybridized carbons (Fsp3) is 0.250. The molecular weight excluding hydrogens is 842 g/mol. The second-order valence-corrected chi connectivity index (χ2v) is 25.2. The molecule has 336 valence electrons. The van der Waals surface area contributed by atoms with Crippen molar-refractivity contribution in [3.05, 3.63) is 202 Å². The van der Waals surface area contributed by atoms with E-state index in [0.29, 0.717) is 0 Å². The molecule has 8 aromatic carbocycles. The standard InChI is InChI=1S/C64H60BO2P/c1-39-27-41(3)61(42(4)28-39)65(62-43(5)29-40(2)30-44(62)6)51-22-26-58-56(33-51)55-32-48(17-25-57(55)67-58)47-15-18-49(19-16-47)63-34-45-31-46(35-63)37-64(36-45,38-63)50-20-23-52(24-21-50)68(66)59-13-9-7-11-53(59)54-12-8-10-14-60(54)68/h7-30,32-33,45-46,66,68H,31,34-38H2,1-6H3. The van der Waals surface area contributed by atoms with E-state index in [-0.39, 0.29) is 17.5 Å². The predicted molar refractivity (Wildman–Crippen MR) is 291 cm³/mol. The van der Waals surface area contributed by atoms with Crippen LogP contribution in [-0.2, 0) is 10.8 Å². The summed E-state index contributed by atoms with van der Waals surface area (Å²) in [6.45, 7) is 13.7. The zero-order chi connectivity index (χ0) is 46.3. The summed E-state index contributed by atoms with van der Waals surface area (Å²) >= 11 is 0. The molecule has 2 unspecified atom stereocenters. The van der Waals surface area contributed by atoms with Crippen LogP contribution in [-0.4, -0.2) is 11.6 Å². The van der Waals surface area contributed by atoms with Crippen molar-refractivity contribution in [3.63, 3.8) is 0 Å². The third kappa shape index (κ3) is 6.31. The summed E-state index contributed by atoms with van der Waals surface area (Å²) in [5.74, 6) is 1.50. The minimum atomic E-state index is -3.09. The second kappa shape index (κ2) is 15.3. The molecule has 0 amide bonds. The minimum Gasteiger partial charge on any atom is -0.0629 e.